The van der Waals surface area contributed by atoms with E-state index in [1.807, 2.05) is 36.9 Å². The number of hydrogen-bond donors (Lipinski definition) is 1. The number of thioether (sulfide) groups is 1. The molecular weight excluding hydrogens is 298 g/mol. The molecule has 1 heterocycles. The number of benzene rings is 1. The van der Waals surface area contributed by atoms with Crippen molar-refractivity contribution in [1.82, 2.24) is 5.32 Å². The summed E-state index contributed by atoms with van der Waals surface area (Å²) in [5.41, 5.74) is 1.82. The van der Waals surface area contributed by atoms with Gasteiger partial charge in [0.15, 0.2) is 0 Å². The lowest BCUT2D eigenvalue weighted by molar-refractivity contribution is 0.0947. The number of nitrogens with one attached hydrogen (secondary N) is 1. The third-order valence-corrected chi connectivity index (χ3v) is 5.30. The van der Waals surface area contributed by atoms with Gasteiger partial charge in [-0.25, -0.2) is 0 Å². The Bertz CT molecular complexity index is 416. The lowest BCUT2D eigenvalue weighted by Gasteiger charge is -2.11. The fourth-order valence-electron chi connectivity index (χ4n) is 1.90. The second kappa shape index (κ2) is 5.91. The summed E-state index contributed by atoms with van der Waals surface area (Å²) >= 11 is 5.44. The number of carbonyl (C=O) groups excluding carboxylic acids is 1. The van der Waals surface area contributed by atoms with E-state index in [1.165, 1.54) is 17.9 Å². The Morgan fingerprint density at radius 1 is 1.59 bits per heavy atom. The van der Waals surface area contributed by atoms with Gasteiger partial charge in [0.1, 0.15) is 0 Å². The van der Waals surface area contributed by atoms with E-state index < -0.39 is 0 Å². The van der Waals surface area contributed by atoms with Crippen LogP contribution in [0.3, 0.4) is 0 Å². The van der Waals surface area contributed by atoms with Gasteiger partial charge in [-0.05, 0) is 58.3 Å². The van der Waals surface area contributed by atoms with E-state index in [4.69, 9.17) is 0 Å². The maximum absolute atomic E-state index is 12.0. The van der Waals surface area contributed by atoms with E-state index in [1.54, 1.807) is 0 Å². The van der Waals surface area contributed by atoms with Gasteiger partial charge in [0.2, 0.25) is 0 Å². The summed E-state index contributed by atoms with van der Waals surface area (Å²) in [6.45, 7) is 2.79. The Hall–Kier alpha value is -0.480. The van der Waals surface area contributed by atoms with Crippen molar-refractivity contribution in [2.45, 2.75) is 13.3 Å². The number of hydrogen-bond acceptors (Lipinski definition) is 2. The molecule has 2 nitrogen and oxygen atoms in total. The van der Waals surface area contributed by atoms with Gasteiger partial charge in [0.05, 0.1) is 5.56 Å². The molecule has 0 saturated carbocycles. The Morgan fingerprint density at radius 2 is 2.41 bits per heavy atom. The second-order valence-corrected chi connectivity index (χ2v) is 6.32. The van der Waals surface area contributed by atoms with Gasteiger partial charge in [-0.15, -0.1) is 0 Å². The predicted octanol–water partition coefficient (Wildman–Crippen LogP) is 3.24. The number of halogens is 1. The van der Waals surface area contributed by atoms with Gasteiger partial charge >= 0.3 is 0 Å². The number of amides is 1. The first-order valence-corrected chi connectivity index (χ1v) is 7.74. The van der Waals surface area contributed by atoms with E-state index in [0.29, 0.717) is 5.92 Å². The summed E-state index contributed by atoms with van der Waals surface area (Å²) in [6.07, 6.45) is 1.22. The first-order valence-electron chi connectivity index (χ1n) is 5.79. The van der Waals surface area contributed by atoms with Crippen molar-refractivity contribution < 1.29 is 4.79 Å². The molecule has 1 aromatic carbocycles. The van der Waals surface area contributed by atoms with Crippen LogP contribution in [0.15, 0.2) is 22.7 Å². The average molecular weight is 314 g/mol. The highest BCUT2D eigenvalue weighted by molar-refractivity contribution is 9.10. The molecule has 1 fully saturated rings. The maximum atomic E-state index is 12.0. The van der Waals surface area contributed by atoms with E-state index >= 15 is 0 Å². The molecule has 92 valence electrons. The molecule has 1 aromatic rings. The van der Waals surface area contributed by atoms with Crippen LogP contribution < -0.4 is 5.32 Å². The molecule has 1 amide bonds. The monoisotopic (exact) mass is 313 g/mol. The van der Waals surface area contributed by atoms with Crippen LogP contribution in [0.1, 0.15) is 22.3 Å². The Kier molecular flexibility index (Phi) is 4.51. The number of carbonyl (C=O) groups is 1. The van der Waals surface area contributed by atoms with Crippen LogP contribution in [0.5, 0.6) is 0 Å². The van der Waals surface area contributed by atoms with Crippen LogP contribution in [0.25, 0.3) is 0 Å². The average Bonchev–Trinajstić information content (AvgIpc) is 2.82. The Labute approximate surface area is 115 Å². The minimum absolute atomic E-state index is 0.0254. The van der Waals surface area contributed by atoms with Crippen molar-refractivity contribution in [1.29, 1.82) is 0 Å². The topological polar surface area (TPSA) is 29.1 Å². The normalized spacial score (nSPS) is 19.3. The first-order chi connectivity index (χ1) is 8.18. The van der Waals surface area contributed by atoms with Crippen molar-refractivity contribution in [3.63, 3.8) is 0 Å². The summed E-state index contributed by atoms with van der Waals surface area (Å²) < 4.78 is 0.901. The molecule has 0 aliphatic carbocycles. The van der Waals surface area contributed by atoms with E-state index in [9.17, 15) is 4.79 Å². The molecule has 0 aromatic heterocycles. The molecule has 1 aliphatic heterocycles. The van der Waals surface area contributed by atoms with Gasteiger partial charge in [-0.2, -0.15) is 11.8 Å². The van der Waals surface area contributed by atoms with Crippen LogP contribution >= 0.6 is 27.7 Å². The molecule has 1 N–H and O–H groups in total. The lowest BCUT2D eigenvalue weighted by Crippen LogP contribution is -2.29. The van der Waals surface area contributed by atoms with E-state index in [0.717, 1.165) is 22.1 Å². The highest BCUT2D eigenvalue weighted by Gasteiger charge is 2.17. The zero-order valence-electron chi connectivity index (χ0n) is 9.83. The Morgan fingerprint density at radius 3 is 3.12 bits per heavy atom. The number of rotatable bonds is 3. The van der Waals surface area contributed by atoms with E-state index in [-0.39, 0.29) is 5.91 Å². The molecular formula is C13H16BrNOS. The van der Waals surface area contributed by atoms with Crippen molar-refractivity contribution >= 4 is 33.6 Å². The minimum atomic E-state index is 0.0254. The van der Waals surface area contributed by atoms with Crippen LogP contribution in [-0.4, -0.2) is 24.0 Å². The standard InChI is InChI=1S/C13H16BrNOS/c1-9-3-2-4-11(12(9)14)13(16)15-7-10-5-6-17-8-10/h2-4,10H,5-8H2,1H3,(H,15,16)/t10-/m0/s1. The molecule has 0 bridgehead atoms. The summed E-state index contributed by atoms with van der Waals surface area (Å²) in [7, 11) is 0. The molecule has 0 unspecified atom stereocenters. The van der Waals surface area contributed by atoms with Gasteiger partial charge in [-0.3, -0.25) is 4.79 Å². The van der Waals surface area contributed by atoms with Crippen LogP contribution in [0.4, 0.5) is 0 Å². The summed E-state index contributed by atoms with van der Waals surface area (Å²) in [5, 5.41) is 3.03. The van der Waals surface area contributed by atoms with Crippen LogP contribution in [-0.2, 0) is 0 Å². The summed E-state index contributed by atoms with van der Waals surface area (Å²) in [4.78, 5) is 12.0. The molecule has 4 heteroatoms. The zero-order chi connectivity index (χ0) is 12.3. The molecule has 1 atom stereocenters. The second-order valence-electron chi connectivity index (χ2n) is 4.38. The minimum Gasteiger partial charge on any atom is -0.352 e. The van der Waals surface area contributed by atoms with Gasteiger partial charge in [-0.1, -0.05) is 12.1 Å². The maximum Gasteiger partial charge on any atom is 0.252 e. The third-order valence-electron chi connectivity index (χ3n) is 3.01. The zero-order valence-corrected chi connectivity index (χ0v) is 12.2. The fourth-order valence-corrected chi connectivity index (χ4v) is 3.63. The quantitative estimate of drug-likeness (QED) is 0.928. The molecule has 17 heavy (non-hydrogen) atoms. The van der Waals surface area contributed by atoms with Crippen molar-refractivity contribution in [2.24, 2.45) is 5.92 Å². The van der Waals surface area contributed by atoms with Gasteiger partial charge in [0.25, 0.3) is 5.91 Å². The highest BCUT2D eigenvalue weighted by Crippen LogP contribution is 2.23. The molecule has 2 rings (SSSR count). The Balaban J connectivity index is 1.97. The van der Waals surface area contributed by atoms with Crippen molar-refractivity contribution in [3.05, 3.63) is 33.8 Å². The van der Waals surface area contributed by atoms with Gasteiger partial charge < -0.3 is 5.32 Å². The van der Waals surface area contributed by atoms with Crippen molar-refractivity contribution in [2.75, 3.05) is 18.1 Å². The SMILES string of the molecule is Cc1cccc(C(=O)NC[C@@H]2CCSC2)c1Br. The fraction of sp³-hybridized carbons (Fsp3) is 0.462. The van der Waals surface area contributed by atoms with Crippen molar-refractivity contribution in [3.8, 4) is 0 Å². The predicted molar refractivity (Wildman–Crippen MR) is 76.6 cm³/mol. The molecule has 1 aliphatic rings. The van der Waals surface area contributed by atoms with E-state index in [2.05, 4.69) is 21.2 Å². The molecule has 1 saturated heterocycles. The summed E-state index contributed by atoms with van der Waals surface area (Å²) in [5.74, 6) is 3.08. The largest absolute Gasteiger partial charge is 0.352 e. The molecule has 0 spiro atoms. The van der Waals surface area contributed by atoms with Crippen LogP contribution in [0, 0.1) is 12.8 Å². The van der Waals surface area contributed by atoms with Gasteiger partial charge in [0, 0.05) is 11.0 Å². The van der Waals surface area contributed by atoms with Crippen LogP contribution in [0.2, 0.25) is 0 Å². The number of aryl methyl sites for hydroxylation is 1. The molecule has 0 radical (unpaired) electrons. The smallest absolute Gasteiger partial charge is 0.252 e. The first kappa shape index (κ1) is 13.0. The lowest BCUT2D eigenvalue weighted by atomic mass is 10.1. The highest BCUT2D eigenvalue weighted by atomic mass is 79.9. The third kappa shape index (κ3) is 3.26. The summed E-state index contributed by atoms with van der Waals surface area (Å²) in [6, 6.07) is 5.77.